The van der Waals surface area contributed by atoms with Crippen LogP contribution in [0.15, 0.2) is 48.5 Å². The quantitative estimate of drug-likeness (QED) is 0.891. The van der Waals surface area contributed by atoms with Gasteiger partial charge < -0.3 is 15.2 Å². The Balaban J connectivity index is 1.67. The maximum Gasteiger partial charge on any atom is 0.224 e. The summed E-state index contributed by atoms with van der Waals surface area (Å²) in [5.41, 5.74) is 3.01. The van der Waals surface area contributed by atoms with Gasteiger partial charge in [0, 0.05) is 6.42 Å². The molecule has 2 aromatic carbocycles. The second kappa shape index (κ2) is 6.84. The fraction of sp³-hybridized carbons (Fsp3) is 0.316. The zero-order valence-electron chi connectivity index (χ0n) is 13.2. The number of rotatable bonds is 5. The molecule has 23 heavy (non-hydrogen) atoms. The van der Waals surface area contributed by atoms with Crippen molar-refractivity contribution < 1.29 is 14.6 Å². The first kappa shape index (κ1) is 15.6. The summed E-state index contributed by atoms with van der Waals surface area (Å²) < 4.78 is 5.45. The van der Waals surface area contributed by atoms with Crippen LogP contribution in [-0.4, -0.2) is 23.7 Å². The van der Waals surface area contributed by atoms with Crippen molar-refractivity contribution in [2.75, 3.05) is 6.61 Å². The number of carbonyl (C=O) groups excluding carboxylic acids is 1. The molecule has 0 aliphatic heterocycles. The molecule has 1 aliphatic rings. The highest BCUT2D eigenvalue weighted by atomic mass is 16.5. The molecule has 4 nitrogen and oxygen atoms in total. The maximum absolute atomic E-state index is 12.3. The minimum Gasteiger partial charge on any atom is -0.494 e. The lowest BCUT2D eigenvalue weighted by Gasteiger charge is -2.18. The molecule has 0 aromatic heterocycles. The van der Waals surface area contributed by atoms with Gasteiger partial charge in [-0.05, 0) is 35.7 Å². The Morgan fingerprint density at radius 2 is 2.09 bits per heavy atom. The Labute approximate surface area is 136 Å². The summed E-state index contributed by atoms with van der Waals surface area (Å²) in [6, 6.07) is 15.1. The molecule has 2 N–H and O–H groups in total. The number of fused-ring (bicyclic) bond motifs is 1. The largest absolute Gasteiger partial charge is 0.494 e. The summed E-state index contributed by atoms with van der Waals surface area (Å²) in [5.74, 6) is 0.670. The lowest BCUT2D eigenvalue weighted by Crippen LogP contribution is -2.34. The van der Waals surface area contributed by atoms with Gasteiger partial charge in [-0.25, -0.2) is 0 Å². The molecule has 2 atom stereocenters. The van der Waals surface area contributed by atoms with E-state index in [2.05, 4.69) is 5.32 Å². The van der Waals surface area contributed by atoms with E-state index in [1.165, 1.54) is 0 Å². The van der Waals surface area contributed by atoms with E-state index < -0.39 is 6.10 Å². The third kappa shape index (κ3) is 3.54. The molecule has 0 fully saturated rings. The highest BCUT2D eigenvalue weighted by Gasteiger charge is 2.31. The van der Waals surface area contributed by atoms with Crippen molar-refractivity contribution in [3.63, 3.8) is 0 Å². The highest BCUT2D eigenvalue weighted by Crippen LogP contribution is 2.31. The van der Waals surface area contributed by atoms with E-state index in [0.29, 0.717) is 13.0 Å². The highest BCUT2D eigenvalue weighted by molar-refractivity contribution is 5.79. The van der Waals surface area contributed by atoms with Crippen LogP contribution in [0.3, 0.4) is 0 Å². The van der Waals surface area contributed by atoms with E-state index in [0.717, 1.165) is 22.4 Å². The number of aliphatic hydroxyl groups is 1. The maximum atomic E-state index is 12.3. The van der Waals surface area contributed by atoms with E-state index in [9.17, 15) is 9.90 Å². The minimum absolute atomic E-state index is 0.0978. The molecule has 1 aliphatic carbocycles. The lowest BCUT2D eigenvalue weighted by atomic mass is 10.1. The van der Waals surface area contributed by atoms with Crippen LogP contribution in [0.2, 0.25) is 0 Å². The molecule has 0 saturated carbocycles. The molecule has 0 heterocycles. The van der Waals surface area contributed by atoms with Crippen molar-refractivity contribution in [2.24, 2.45) is 0 Å². The Hall–Kier alpha value is -2.33. The number of benzene rings is 2. The SMILES string of the molecule is CCOc1cccc(CC(=O)N[C@@H]2c3ccccc3C[C@@H]2O)c1. The van der Waals surface area contributed by atoms with Crippen molar-refractivity contribution in [1.82, 2.24) is 5.32 Å². The topological polar surface area (TPSA) is 58.6 Å². The van der Waals surface area contributed by atoms with Crippen LogP contribution in [0.4, 0.5) is 0 Å². The summed E-state index contributed by atoms with van der Waals surface area (Å²) in [5, 5.41) is 13.2. The predicted molar refractivity (Wildman–Crippen MR) is 88.4 cm³/mol. The number of amides is 1. The van der Waals surface area contributed by atoms with Gasteiger partial charge in [-0.3, -0.25) is 4.79 Å². The standard InChI is InChI=1S/C19H21NO3/c1-2-23-15-8-5-6-13(10-15)11-18(22)20-19-16-9-4-3-7-14(16)12-17(19)21/h3-10,17,19,21H,2,11-12H2,1H3,(H,20,22)/t17-,19+/m0/s1. The Kier molecular flexibility index (Phi) is 4.63. The second-order valence-electron chi connectivity index (χ2n) is 5.77. The molecular formula is C19H21NO3. The van der Waals surface area contributed by atoms with Gasteiger partial charge >= 0.3 is 0 Å². The van der Waals surface area contributed by atoms with Crippen molar-refractivity contribution in [1.29, 1.82) is 0 Å². The van der Waals surface area contributed by atoms with Crippen LogP contribution in [0.5, 0.6) is 5.75 Å². The Morgan fingerprint density at radius 3 is 2.91 bits per heavy atom. The molecule has 0 saturated heterocycles. The van der Waals surface area contributed by atoms with Gasteiger partial charge in [0.1, 0.15) is 5.75 Å². The Bertz CT molecular complexity index is 699. The zero-order valence-corrected chi connectivity index (χ0v) is 13.2. The molecule has 2 aromatic rings. The number of aliphatic hydroxyl groups excluding tert-OH is 1. The molecule has 3 rings (SSSR count). The average molecular weight is 311 g/mol. The van der Waals surface area contributed by atoms with Crippen molar-refractivity contribution in [3.05, 3.63) is 65.2 Å². The fourth-order valence-corrected chi connectivity index (χ4v) is 3.07. The van der Waals surface area contributed by atoms with E-state index in [1.54, 1.807) is 0 Å². The number of nitrogens with one attached hydrogen (secondary N) is 1. The number of hydrogen-bond donors (Lipinski definition) is 2. The van der Waals surface area contributed by atoms with Gasteiger partial charge in [-0.1, -0.05) is 36.4 Å². The van der Waals surface area contributed by atoms with Crippen LogP contribution in [0, 0.1) is 0 Å². The van der Waals surface area contributed by atoms with Crippen molar-refractivity contribution in [2.45, 2.75) is 31.9 Å². The number of hydrogen-bond acceptors (Lipinski definition) is 3. The second-order valence-corrected chi connectivity index (χ2v) is 5.77. The minimum atomic E-state index is -0.564. The van der Waals surface area contributed by atoms with E-state index in [-0.39, 0.29) is 18.4 Å². The summed E-state index contributed by atoms with van der Waals surface area (Å²) in [7, 11) is 0. The predicted octanol–water partition coefficient (Wildman–Crippen LogP) is 2.40. The van der Waals surface area contributed by atoms with Crippen LogP contribution in [-0.2, 0) is 17.6 Å². The van der Waals surface area contributed by atoms with Crippen LogP contribution < -0.4 is 10.1 Å². The van der Waals surface area contributed by atoms with Gasteiger partial charge in [0.15, 0.2) is 0 Å². The van der Waals surface area contributed by atoms with Crippen LogP contribution in [0.1, 0.15) is 29.7 Å². The van der Waals surface area contributed by atoms with Gasteiger partial charge in [-0.15, -0.1) is 0 Å². The van der Waals surface area contributed by atoms with Gasteiger partial charge in [-0.2, -0.15) is 0 Å². The summed E-state index contributed by atoms with van der Waals surface area (Å²) >= 11 is 0. The summed E-state index contributed by atoms with van der Waals surface area (Å²) in [6.07, 6.45) is 0.291. The Morgan fingerprint density at radius 1 is 1.26 bits per heavy atom. The van der Waals surface area contributed by atoms with E-state index in [4.69, 9.17) is 4.74 Å². The molecule has 1 amide bonds. The average Bonchev–Trinajstić information content (AvgIpc) is 2.84. The normalized spacial score (nSPS) is 19.2. The molecule has 0 bridgehead atoms. The number of ether oxygens (including phenoxy) is 1. The van der Waals surface area contributed by atoms with Gasteiger partial charge in [0.25, 0.3) is 0 Å². The van der Waals surface area contributed by atoms with E-state index in [1.807, 2.05) is 55.5 Å². The first-order valence-electron chi connectivity index (χ1n) is 7.94. The first-order chi connectivity index (χ1) is 11.2. The van der Waals surface area contributed by atoms with Gasteiger partial charge in [0.05, 0.1) is 25.2 Å². The lowest BCUT2D eigenvalue weighted by molar-refractivity contribution is -0.121. The zero-order chi connectivity index (χ0) is 16.2. The third-order valence-corrected chi connectivity index (χ3v) is 4.09. The molecule has 120 valence electrons. The molecule has 0 spiro atoms. The molecule has 0 unspecified atom stereocenters. The molecule has 4 heteroatoms. The third-order valence-electron chi connectivity index (χ3n) is 4.09. The number of carbonyl (C=O) groups is 1. The fourth-order valence-electron chi connectivity index (χ4n) is 3.07. The van der Waals surface area contributed by atoms with Crippen LogP contribution in [0.25, 0.3) is 0 Å². The monoisotopic (exact) mass is 311 g/mol. The van der Waals surface area contributed by atoms with Crippen molar-refractivity contribution in [3.8, 4) is 5.75 Å². The summed E-state index contributed by atoms with van der Waals surface area (Å²) in [6.45, 7) is 2.53. The van der Waals surface area contributed by atoms with Crippen molar-refractivity contribution >= 4 is 5.91 Å². The first-order valence-corrected chi connectivity index (χ1v) is 7.94. The summed E-state index contributed by atoms with van der Waals surface area (Å²) in [4.78, 5) is 12.3. The van der Waals surface area contributed by atoms with E-state index >= 15 is 0 Å². The molecule has 0 radical (unpaired) electrons. The van der Waals surface area contributed by atoms with Crippen LogP contribution >= 0.6 is 0 Å². The smallest absolute Gasteiger partial charge is 0.224 e. The van der Waals surface area contributed by atoms with Gasteiger partial charge in [0.2, 0.25) is 5.91 Å². The molecular weight excluding hydrogens is 290 g/mol.